The second-order valence-corrected chi connectivity index (χ2v) is 6.68. The van der Waals surface area contributed by atoms with Crippen LogP contribution in [0, 0.1) is 5.82 Å². The van der Waals surface area contributed by atoms with Crippen molar-refractivity contribution in [2.24, 2.45) is 5.16 Å². The Hall–Kier alpha value is -2.44. The number of amidine groups is 1. The fourth-order valence-electron chi connectivity index (χ4n) is 3.38. The zero-order valence-electron chi connectivity index (χ0n) is 13.9. The van der Waals surface area contributed by atoms with E-state index in [1.165, 1.54) is 12.1 Å². The van der Waals surface area contributed by atoms with Gasteiger partial charge < -0.3 is 14.8 Å². The highest BCUT2D eigenvalue weighted by atomic mass is 35.5. The van der Waals surface area contributed by atoms with E-state index in [1.54, 1.807) is 24.4 Å². The molecule has 0 amide bonds. The smallest absolute Gasteiger partial charge is 0.260 e. The minimum atomic E-state index is -1.12. The normalized spacial score (nSPS) is 23.6. The van der Waals surface area contributed by atoms with Crippen LogP contribution in [0.4, 0.5) is 4.39 Å². The summed E-state index contributed by atoms with van der Waals surface area (Å²) in [5.41, 5.74) is 1.45. The van der Waals surface area contributed by atoms with Gasteiger partial charge in [0.1, 0.15) is 17.6 Å². The summed E-state index contributed by atoms with van der Waals surface area (Å²) in [7, 11) is 0. The Morgan fingerprint density at radius 1 is 1.27 bits per heavy atom. The van der Waals surface area contributed by atoms with Crippen molar-refractivity contribution in [2.45, 2.75) is 18.6 Å². The molecule has 1 fully saturated rings. The maximum Gasteiger partial charge on any atom is 0.260 e. The average molecular weight is 374 g/mol. The highest BCUT2D eigenvalue weighted by Crippen LogP contribution is 2.40. The van der Waals surface area contributed by atoms with Crippen molar-refractivity contribution < 1.29 is 14.3 Å². The predicted octanol–water partition coefficient (Wildman–Crippen LogP) is 3.54. The molecular weight excluding hydrogens is 357 g/mol. The number of pyridine rings is 1. The fraction of sp³-hybridized carbons (Fsp3) is 0.263. The number of fused-ring (bicyclic) bond motifs is 1. The number of aliphatic hydroxyl groups is 1. The summed E-state index contributed by atoms with van der Waals surface area (Å²) in [6, 6.07) is 9.56. The molecule has 1 atom stereocenters. The van der Waals surface area contributed by atoms with Crippen molar-refractivity contribution >= 4 is 23.5 Å². The Morgan fingerprint density at radius 3 is 2.77 bits per heavy atom. The Kier molecular flexibility index (Phi) is 4.38. The molecule has 3 heterocycles. The SMILES string of the molecule is OCC1(c2ccc(F)cc2)ON=C2/C(=C/c3ccc(Cl)nc3)CCCN21. The molecule has 0 saturated carbocycles. The van der Waals surface area contributed by atoms with Gasteiger partial charge in [-0.25, -0.2) is 9.37 Å². The molecule has 0 radical (unpaired) electrons. The van der Waals surface area contributed by atoms with Crippen molar-refractivity contribution in [2.75, 3.05) is 13.2 Å². The largest absolute Gasteiger partial charge is 0.390 e. The molecule has 2 aromatic rings. The maximum atomic E-state index is 13.3. The van der Waals surface area contributed by atoms with E-state index in [-0.39, 0.29) is 12.4 Å². The molecule has 2 aliphatic heterocycles. The molecule has 1 N–H and O–H groups in total. The molecule has 1 saturated heterocycles. The number of nitrogens with zero attached hydrogens (tertiary/aromatic N) is 3. The first kappa shape index (κ1) is 17.0. The molecule has 1 unspecified atom stereocenters. The number of halogens is 2. The summed E-state index contributed by atoms with van der Waals surface area (Å²) >= 11 is 5.84. The Morgan fingerprint density at radius 2 is 2.08 bits per heavy atom. The first-order chi connectivity index (χ1) is 12.6. The van der Waals surface area contributed by atoms with Gasteiger partial charge in [0.25, 0.3) is 5.72 Å². The minimum Gasteiger partial charge on any atom is -0.390 e. The molecule has 7 heteroatoms. The number of benzene rings is 1. The molecule has 5 nitrogen and oxygen atoms in total. The molecule has 0 aliphatic carbocycles. The van der Waals surface area contributed by atoms with Crippen LogP contribution in [0.15, 0.2) is 53.3 Å². The molecule has 1 aromatic carbocycles. The molecule has 1 aromatic heterocycles. The zero-order chi connectivity index (χ0) is 18.1. The van der Waals surface area contributed by atoms with E-state index in [0.717, 1.165) is 24.0 Å². The lowest BCUT2D eigenvalue weighted by Gasteiger charge is -2.38. The van der Waals surface area contributed by atoms with Crippen LogP contribution >= 0.6 is 11.6 Å². The molecular formula is C19H17ClFN3O2. The van der Waals surface area contributed by atoms with Crippen molar-refractivity contribution in [3.05, 3.63) is 70.3 Å². The summed E-state index contributed by atoms with van der Waals surface area (Å²) < 4.78 is 13.3. The lowest BCUT2D eigenvalue weighted by molar-refractivity contribution is -0.137. The highest BCUT2D eigenvalue weighted by Gasteiger charge is 2.49. The minimum absolute atomic E-state index is 0.290. The lowest BCUT2D eigenvalue weighted by atomic mass is 9.95. The Labute approximate surface area is 155 Å². The number of aromatic nitrogens is 1. The van der Waals surface area contributed by atoms with E-state index in [2.05, 4.69) is 10.1 Å². The van der Waals surface area contributed by atoms with Crippen molar-refractivity contribution in [3.8, 4) is 0 Å². The van der Waals surface area contributed by atoms with E-state index < -0.39 is 5.72 Å². The van der Waals surface area contributed by atoms with Crippen LogP contribution in [-0.2, 0) is 10.6 Å². The van der Waals surface area contributed by atoms with E-state index in [4.69, 9.17) is 16.4 Å². The summed E-state index contributed by atoms with van der Waals surface area (Å²) in [5, 5.41) is 14.8. The summed E-state index contributed by atoms with van der Waals surface area (Å²) in [4.78, 5) is 11.7. The van der Waals surface area contributed by atoms with E-state index in [1.807, 2.05) is 17.0 Å². The lowest BCUT2D eigenvalue weighted by Crippen LogP contribution is -2.51. The van der Waals surface area contributed by atoms with Crippen LogP contribution in [0.1, 0.15) is 24.0 Å². The topological polar surface area (TPSA) is 58.0 Å². The third kappa shape index (κ3) is 2.85. The number of piperidine rings is 1. The summed E-state index contributed by atoms with van der Waals surface area (Å²) in [6.07, 6.45) is 5.42. The predicted molar refractivity (Wildman–Crippen MR) is 96.8 cm³/mol. The van der Waals surface area contributed by atoms with Gasteiger partial charge in [-0.3, -0.25) is 0 Å². The summed E-state index contributed by atoms with van der Waals surface area (Å²) in [6.45, 7) is 0.397. The van der Waals surface area contributed by atoms with Crippen LogP contribution in [0.2, 0.25) is 5.15 Å². The van der Waals surface area contributed by atoms with Crippen LogP contribution < -0.4 is 0 Å². The second kappa shape index (κ2) is 6.70. The van der Waals surface area contributed by atoms with Gasteiger partial charge in [0.2, 0.25) is 0 Å². The Balaban J connectivity index is 1.68. The van der Waals surface area contributed by atoms with Gasteiger partial charge in [-0.2, -0.15) is 0 Å². The molecule has 134 valence electrons. The molecule has 2 aliphatic rings. The first-order valence-electron chi connectivity index (χ1n) is 8.35. The van der Waals surface area contributed by atoms with E-state index >= 15 is 0 Å². The number of aliphatic hydroxyl groups excluding tert-OH is 1. The Bertz CT molecular complexity index is 867. The van der Waals surface area contributed by atoms with Crippen molar-refractivity contribution in [1.82, 2.24) is 9.88 Å². The van der Waals surface area contributed by atoms with Gasteiger partial charge in [0.15, 0.2) is 5.84 Å². The number of oxime groups is 1. The van der Waals surface area contributed by atoms with Gasteiger partial charge in [0.05, 0.1) is 0 Å². The average Bonchev–Trinajstić information content (AvgIpc) is 3.05. The summed E-state index contributed by atoms with van der Waals surface area (Å²) in [5.74, 6) is 0.347. The van der Waals surface area contributed by atoms with Gasteiger partial charge >= 0.3 is 0 Å². The maximum absolute atomic E-state index is 13.3. The van der Waals surface area contributed by atoms with E-state index in [9.17, 15) is 9.50 Å². The third-order valence-electron chi connectivity index (χ3n) is 4.69. The molecule has 4 rings (SSSR count). The van der Waals surface area contributed by atoms with Gasteiger partial charge in [0, 0.05) is 18.3 Å². The zero-order valence-corrected chi connectivity index (χ0v) is 14.7. The number of hydrogen-bond donors (Lipinski definition) is 1. The fourth-order valence-corrected chi connectivity index (χ4v) is 3.49. The number of rotatable bonds is 3. The van der Waals surface area contributed by atoms with Crippen molar-refractivity contribution in [3.63, 3.8) is 0 Å². The molecule has 0 bridgehead atoms. The van der Waals surface area contributed by atoms with E-state index in [0.29, 0.717) is 23.1 Å². The van der Waals surface area contributed by atoms with Gasteiger partial charge in [-0.15, -0.1) is 0 Å². The van der Waals surface area contributed by atoms with Crippen molar-refractivity contribution in [1.29, 1.82) is 0 Å². The third-order valence-corrected chi connectivity index (χ3v) is 4.91. The van der Waals surface area contributed by atoms with Crippen LogP contribution in [-0.4, -0.2) is 34.0 Å². The molecule has 26 heavy (non-hydrogen) atoms. The monoisotopic (exact) mass is 373 g/mol. The van der Waals surface area contributed by atoms with Gasteiger partial charge in [-0.1, -0.05) is 22.8 Å². The van der Waals surface area contributed by atoms with Gasteiger partial charge in [-0.05, 0) is 60.4 Å². The second-order valence-electron chi connectivity index (χ2n) is 6.29. The first-order valence-corrected chi connectivity index (χ1v) is 8.73. The van der Waals surface area contributed by atoms with Crippen LogP contribution in [0.25, 0.3) is 6.08 Å². The van der Waals surface area contributed by atoms with Crippen LogP contribution in [0.3, 0.4) is 0 Å². The number of hydrogen-bond acceptors (Lipinski definition) is 5. The molecule has 0 spiro atoms. The quantitative estimate of drug-likeness (QED) is 0.836. The van der Waals surface area contributed by atoms with Crippen LogP contribution in [0.5, 0.6) is 0 Å². The highest BCUT2D eigenvalue weighted by molar-refractivity contribution is 6.29. The standard InChI is InChI=1S/C19H17ClFN3O2/c20-17-8-3-13(11-22-17)10-14-2-1-9-24-18(14)23-26-19(24,12-25)15-4-6-16(21)7-5-15/h3-8,10-11,25H,1-2,9,12H2/b14-10+.